The lowest BCUT2D eigenvalue weighted by molar-refractivity contribution is 0.0847. The SMILES string of the molecule is COCC1(CNC(=O)Nc2cc(C)ccc2F)CCCC1. The maximum Gasteiger partial charge on any atom is 0.319 e. The molecule has 0 unspecified atom stereocenters. The van der Waals surface area contributed by atoms with Crippen molar-refractivity contribution in [2.45, 2.75) is 32.6 Å². The fraction of sp³-hybridized carbons (Fsp3) is 0.562. The fourth-order valence-electron chi connectivity index (χ4n) is 2.97. The first-order chi connectivity index (χ1) is 10.0. The minimum absolute atomic E-state index is 0.0250. The van der Waals surface area contributed by atoms with Crippen molar-refractivity contribution >= 4 is 11.7 Å². The highest BCUT2D eigenvalue weighted by atomic mass is 19.1. The first-order valence-electron chi connectivity index (χ1n) is 7.35. The van der Waals surface area contributed by atoms with Gasteiger partial charge in [0.25, 0.3) is 0 Å². The predicted octanol–water partition coefficient (Wildman–Crippen LogP) is 3.46. The van der Waals surface area contributed by atoms with Gasteiger partial charge in [-0.05, 0) is 37.5 Å². The van der Waals surface area contributed by atoms with Gasteiger partial charge in [-0.15, -0.1) is 0 Å². The van der Waals surface area contributed by atoms with Crippen LogP contribution in [0.1, 0.15) is 31.2 Å². The molecular formula is C16H23FN2O2. The van der Waals surface area contributed by atoms with E-state index in [0.29, 0.717) is 13.2 Å². The van der Waals surface area contributed by atoms with Crippen molar-refractivity contribution in [2.24, 2.45) is 5.41 Å². The third-order valence-corrected chi connectivity index (χ3v) is 4.11. The lowest BCUT2D eigenvalue weighted by atomic mass is 9.87. The van der Waals surface area contributed by atoms with Crippen LogP contribution in [-0.4, -0.2) is 26.3 Å². The first kappa shape index (κ1) is 15.8. The number of nitrogens with one attached hydrogen (secondary N) is 2. The number of halogens is 1. The molecule has 116 valence electrons. The van der Waals surface area contributed by atoms with Crippen molar-refractivity contribution in [3.63, 3.8) is 0 Å². The van der Waals surface area contributed by atoms with Gasteiger partial charge in [0.1, 0.15) is 5.82 Å². The van der Waals surface area contributed by atoms with Crippen molar-refractivity contribution in [1.29, 1.82) is 0 Å². The van der Waals surface area contributed by atoms with E-state index in [4.69, 9.17) is 4.74 Å². The molecule has 1 fully saturated rings. The molecule has 1 aliphatic carbocycles. The van der Waals surface area contributed by atoms with E-state index in [1.807, 2.05) is 6.92 Å². The molecule has 1 aliphatic rings. The van der Waals surface area contributed by atoms with E-state index >= 15 is 0 Å². The Bertz CT molecular complexity index is 499. The maximum atomic E-state index is 13.6. The number of carbonyl (C=O) groups excluding carboxylic acids is 1. The number of aryl methyl sites for hydroxylation is 1. The molecular weight excluding hydrogens is 271 g/mol. The van der Waals surface area contributed by atoms with E-state index in [2.05, 4.69) is 10.6 Å². The number of urea groups is 1. The third-order valence-electron chi connectivity index (χ3n) is 4.11. The number of methoxy groups -OCH3 is 1. The van der Waals surface area contributed by atoms with Crippen molar-refractivity contribution in [1.82, 2.24) is 5.32 Å². The summed E-state index contributed by atoms with van der Waals surface area (Å²) in [5.74, 6) is -0.428. The Hall–Kier alpha value is -1.62. The van der Waals surface area contributed by atoms with Gasteiger partial charge in [0.2, 0.25) is 0 Å². The van der Waals surface area contributed by atoms with Gasteiger partial charge < -0.3 is 15.4 Å². The Morgan fingerprint density at radius 2 is 2.10 bits per heavy atom. The van der Waals surface area contributed by atoms with Crippen LogP contribution >= 0.6 is 0 Å². The van der Waals surface area contributed by atoms with Gasteiger partial charge in [0.15, 0.2) is 0 Å². The Labute approximate surface area is 125 Å². The highest BCUT2D eigenvalue weighted by Gasteiger charge is 2.34. The number of ether oxygens (including phenoxy) is 1. The molecule has 1 saturated carbocycles. The summed E-state index contributed by atoms with van der Waals surface area (Å²) in [5.41, 5.74) is 1.13. The fourth-order valence-corrected chi connectivity index (χ4v) is 2.97. The molecule has 2 N–H and O–H groups in total. The largest absolute Gasteiger partial charge is 0.384 e. The van der Waals surface area contributed by atoms with Crippen LogP contribution < -0.4 is 10.6 Å². The second-order valence-electron chi connectivity index (χ2n) is 5.93. The quantitative estimate of drug-likeness (QED) is 0.873. The number of anilines is 1. The molecule has 0 radical (unpaired) electrons. The number of benzene rings is 1. The predicted molar refractivity (Wildman–Crippen MR) is 80.9 cm³/mol. The number of hydrogen-bond donors (Lipinski definition) is 2. The molecule has 0 atom stereocenters. The van der Waals surface area contributed by atoms with Gasteiger partial charge in [-0.3, -0.25) is 0 Å². The molecule has 2 rings (SSSR count). The van der Waals surface area contributed by atoms with Crippen LogP contribution in [0.25, 0.3) is 0 Å². The molecule has 1 aromatic rings. The van der Waals surface area contributed by atoms with E-state index < -0.39 is 5.82 Å². The Morgan fingerprint density at radius 3 is 2.76 bits per heavy atom. The standard InChI is InChI=1S/C16H23FN2O2/c1-12-5-6-13(17)14(9-12)19-15(20)18-10-16(11-21-2)7-3-4-8-16/h5-6,9H,3-4,7-8,10-11H2,1-2H3,(H2,18,19,20). The van der Waals surface area contributed by atoms with Crippen molar-refractivity contribution in [3.05, 3.63) is 29.6 Å². The van der Waals surface area contributed by atoms with Crippen molar-refractivity contribution < 1.29 is 13.9 Å². The number of carbonyl (C=O) groups is 1. The van der Waals surface area contributed by atoms with Gasteiger partial charge in [0.05, 0.1) is 12.3 Å². The molecule has 0 aromatic heterocycles. The summed E-state index contributed by atoms with van der Waals surface area (Å²) in [6.45, 7) is 3.06. The monoisotopic (exact) mass is 294 g/mol. The number of hydrogen-bond acceptors (Lipinski definition) is 2. The highest BCUT2D eigenvalue weighted by Crippen LogP contribution is 2.37. The van der Waals surface area contributed by atoms with Gasteiger partial charge in [-0.25, -0.2) is 9.18 Å². The summed E-state index contributed by atoms with van der Waals surface area (Å²) in [7, 11) is 1.68. The Morgan fingerprint density at radius 1 is 1.38 bits per heavy atom. The van der Waals surface area contributed by atoms with Crippen LogP contribution in [-0.2, 0) is 4.74 Å². The molecule has 2 amide bonds. The van der Waals surface area contributed by atoms with Crippen LogP contribution in [0, 0.1) is 18.2 Å². The number of rotatable bonds is 5. The summed E-state index contributed by atoms with van der Waals surface area (Å²) in [6.07, 6.45) is 4.44. The lowest BCUT2D eigenvalue weighted by Gasteiger charge is -2.28. The number of amides is 2. The zero-order valence-electron chi connectivity index (χ0n) is 12.7. The molecule has 1 aromatic carbocycles. The van der Waals surface area contributed by atoms with E-state index in [0.717, 1.165) is 18.4 Å². The van der Waals surface area contributed by atoms with Gasteiger partial charge in [-0.1, -0.05) is 18.9 Å². The van der Waals surface area contributed by atoms with Gasteiger partial charge in [0, 0.05) is 19.1 Å². The van der Waals surface area contributed by atoms with Crippen LogP contribution in [0.15, 0.2) is 18.2 Å². The van der Waals surface area contributed by atoms with Crippen LogP contribution in [0.3, 0.4) is 0 Å². The topological polar surface area (TPSA) is 50.4 Å². The first-order valence-corrected chi connectivity index (χ1v) is 7.35. The van der Waals surface area contributed by atoms with Crippen LogP contribution in [0.5, 0.6) is 0 Å². The van der Waals surface area contributed by atoms with Crippen molar-refractivity contribution in [2.75, 3.05) is 25.6 Å². The van der Waals surface area contributed by atoms with E-state index in [1.54, 1.807) is 19.2 Å². The average Bonchev–Trinajstić information content (AvgIpc) is 2.90. The van der Waals surface area contributed by atoms with Crippen LogP contribution in [0.2, 0.25) is 0 Å². The Kier molecular flexibility index (Phi) is 5.17. The zero-order valence-corrected chi connectivity index (χ0v) is 12.7. The zero-order chi connectivity index (χ0) is 15.3. The van der Waals surface area contributed by atoms with E-state index in [9.17, 15) is 9.18 Å². The van der Waals surface area contributed by atoms with E-state index in [1.165, 1.54) is 18.9 Å². The van der Waals surface area contributed by atoms with Gasteiger partial charge in [-0.2, -0.15) is 0 Å². The molecule has 0 aliphatic heterocycles. The summed E-state index contributed by atoms with van der Waals surface area (Å²) in [6, 6.07) is 4.27. The summed E-state index contributed by atoms with van der Waals surface area (Å²) in [5, 5.41) is 5.42. The molecule has 21 heavy (non-hydrogen) atoms. The minimum atomic E-state index is -0.428. The molecule has 0 bridgehead atoms. The lowest BCUT2D eigenvalue weighted by Crippen LogP contribution is -2.40. The molecule has 0 saturated heterocycles. The maximum absolute atomic E-state index is 13.6. The minimum Gasteiger partial charge on any atom is -0.384 e. The molecule has 0 heterocycles. The van der Waals surface area contributed by atoms with Crippen LogP contribution in [0.4, 0.5) is 14.9 Å². The summed E-state index contributed by atoms with van der Waals surface area (Å²) in [4.78, 5) is 11.9. The highest BCUT2D eigenvalue weighted by molar-refractivity contribution is 5.89. The summed E-state index contributed by atoms with van der Waals surface area (Å²) >= 11 is 0. The molecule has 5 heteroatoms. The Balaban J connectivity index is 1.91. The van der Waals surface area contributed by atoms with Crippen molar-refractivity contribution in [3.8, 4) is 0 Å². The van der Waals surface area contributed by atoms with Gasteiger partial charge >= 0.3 is 6.03 Å². The normalized spacial score (nSPS) is 16.7. The second kappa shape index (κ2) is 6.89. The smallest absolute Gasteiger partial charge is 0.319 e. The molecule has 0 spiro atoms. The molecule has 4 nitrogen and oxygen atoms in total. The summed E-state index contributed by atoms with van der Waals surface area (Å²) < 4.78 is 18.9. The van der Waals surface area contributed by atoms with E-state index in [-0.39, 0.29) is 17.1 Å². The third kappa shape index (κ3) is 4.17. The average molecular weight is 294 g/mol. The second-order valence-corrected chi connectivity index (χ2v) is 5.93.